The lowest BCUT2D eigenvalue weighted by Gasteiger charge is -2.21. The average molecular weight is 420 g/mol. The maximum absolute atomic E-state index is 13.2. The van der Waals surface area contributed by atoms with Gasteiger partial charge in [0.1, 0.15) is 9.97 Å². The molecule has 0 radical (unpaired) electrons. The van der Waals surface area contributed by atoms with E-state index in [1.165, 1.54) is 11.3 Å². The Morgan fingerprint density at radius 2 is 1.86 bits per heavy atom. The van der Waals surface area contributed by atoms with Crippen LogP contribution in [0, 0.1) is 13.8 Å². The lowest BCUT2D eigenvalue weighted by Crippen LogP contribution is -2.35. The molecule has 4 rings (SSSR count). The molecule has 28 heavy (non-hydrogen) atoms. The van der Waals surface area contributed by atoms with Crippen molar-refractivity contribution in [2.24, 2.45) is 0 Å². The highest BCUT2D eigenvalue weighted by atomic mass is 32.2. The molecule has 1 aliphatic rings. The Balaban J connectivity index is 1.54. The van der Waals surface area contributed by atoms with Crippen molar-refractivity contribution in [3.63, 3.8) is 0 Å². The van der Waals surface area contributed by atoms with Gasteiger partial charge in [-0.1, -0.05) is 5.16 Å². The number of thiophene rings is 1. The first-order chi connectivity index (χ1) is 13.5. The minimum absolute atomic E-state index is 0.340. The van der Waals surface area contributed by atoms with Gasteiger partial charge in [-0.15, -0.1) is 11.3 Å². The minimum atomic E-state index is -3.55. The summed E-state index contributed by atoms with van der Waals surface area (Å²) in [7, 11) is -3.55. The van der Waals surface area contributed by atoms with Gasteiger partial charge in [-0.05, 0) is 38.5 Å². The van der Waals surface area contributed by atoms with Gasteiger partial charge >= 0.3 is 0 Å². The summed E-state index contributed by atoms with van der Waals surface area (Å²) in [5, 5.41) is 3.96. The molecule has 10 heteroatoms. The summed E-state index contributed by atoms with van der Waals surface area (Å²) in [5.41, 5.74) is 1.63. The predicted molar refractivity (Wildman–Crippen MR) is 107 cm³/mol. The summed E-state index contributed by atoms with van der Waals surface area (Å²) in [4.78, 5) is 11.4. The van der Waals surface area contributed by atoms with Gasteiger partial charge in [-0.25, -0.2) is 18.4 Å². The second kappa shape index (κ2) is 7.61. The van der Waals surface area contributed by atoms with Crippen LogP contribution in [0.15, 0.2) is 39.3 Å². The van der Waals surface area contributed by atoms with Crippen molar-refractivity contribution in [2.75, 3.05) is 31.1 Å². The van der Waals surface area contributed by atoms with Crippen LogP contribution < -0.4 is 4.90 Å². The highest BCUT2D eigenvalue weighted by Gasteiger charge is 2.29. The third kappa shape index (κ3) is 3.54. The smallest absolute Gasteiger partial charge is 0.252 e. The molecule has 4 heterocycles. The molecule has 0 aliphatic carbocycles. The highest BCUT2D eigenvalue weighted by molar-refractivity contribution is 7.91. The van der Waals surface area contributed by atoms with Crippen LogP contribution in [0.5, 0.6) is 0 Å². The lowest BCUT2D eigenvalue weighted by molar-refractivity contribution is 0.393. The number of hydrogen-bond donors (Lipinski definition) is 0. The van der Waals surface area contributed by atoms with Crippen molar-refractivity contribution in [3.05, 3.63) is 42.0 Å². The average Bonchev–Trinajstić information content (AvgIpc) is 3.20. The fourth-order valence-electron chi connectivity index (χ4n) is 3.34. The fraction of sp³-hybridized carbons (Fsp3) is 0.389. The van der Waals surface area contributed by atoms with E-state index in [0.717, 1.165) is 29.1 Å². The number of rotatable bonds is 4. The van der Waals surface area contributed by atoms with E-state index in [-0.39, 0.29) is 0 Å². The molecule has 0 amide bonds. The fourth-order valence-corrected chi connectivity index (χ4v) is 6.42. The second-order valence-electron chi connectivity index (χ2n) is 6.61. The second-order valence-corrected chi connectivity index (χ2v) is 9.86. The van der Waals surface area contributed by atoms with Crippen molar-refractivity contribution in [1.29, 1.82) is 0 Å². The van der Waals surface area contributed by atoms with Crippen LogP contribution >= 0.6 is 11.3 Å². The summed E-state index contributed by atoms with van der Waals surface area (Å²) < 4.78 is 33.5. The number of aryl methyl sites for hydroxylation is 2. The van der Waals surface area contributed by atoms with Gasteiger partial charge in [0, 0.05) is 43.4 Å². The quantitative estimate of drug-likeness (QED) is 0.642. The number of aromatic nitrogens is 3. The number of hydrogen-bond acceptors (Lipinski definition) is 8. The Morgan fingerprint density at radius 3 is 2.57 bits per heavy atom. The zero-order valence-corrected chi connectivity index (χ0v) is 17.3. The number of sulfonamides is 1. The molecule has 0 aromatic carbocycles. The molecule has 8 nitrogen and oxygen atoms in total. The summed E-state index contributed by atoms with van der Waals surface area (Å²) in [5.74, 6) is 1.33. The van der Waals surface area contributed by atoms with E-state index in [0.29, 0.717) is 35.6 Å². The van der Waals surface area contributed by atoms with Gasteiger partial charge in [-0.2, -0.15) is 4.31 Å². The van der Waals surface area contributed by atoms with Crippen molar-refractivity contribution in [3.8, 4) is 10.4 Å². The van der Waals surface area contributed by atoms with Gasteiger partial charge in [0.2, 0.25) is 5.95 Å². The molecule has 1 fully saturated rings. The first-order valence-corrected chi connectivity index (χ1v) is 11.3. The van der Waals surface area contributed by atoms with E-state index in [2.05, 4.69) is 15.1 Å². The van der Waals surface area contributed by atoms with Crippen molar-refractivity contribution in [2.45, 2.75) is 24.5 Å². The molecular formula is C18H21N5O3S2. The summed E-state index contributed by atoms with van der Waals surface area (Å²) in [6, 6.07) is 5.27. The largest absolute Gasteiger partial charge is 0.361 e. The summed E-state index contributed by atoms with van der Waals surface area (Å²) in [6.45, 7) is 5.85. The van der Waals surface area contributed by atoms with Gasteiger partial charge in [0.25, 0.3) is 10.0 Å². The molecule has 1 aliphatic heterocycles. The molecule has 3 aromatic rings. The van der Waals surface area contributed by atoms with Crippen LogP contribution in [-0.2, 0) is 10.0 Å². The summed E-state index contributed by atoms with van der Waals surface area (Å²) >= 11 is 1.26. The molecule has 0 unspecified atom stereocenters. The first-order valence-electron chi connectivity index (χ1n) is 9.02. The number of anilines is 1. The van der Waals surface area contributed by atoms with E-state index in [9.17, 15) is 8.42 Å². The molecule has 0 atom stereocenters. The Hall–Kier alpha value is -2.30. The lowest BCUT2D eigenvalue weighted by atomic mass is 10.2. The molecule has 0 saturated carbocycles. The van der Waals surface area contributed by atoms with Crippen molar-refractivity contribution < 1.29 is 12.9 Å². The van der Waals surface area contributed by atoms with Crippen molar-refractivity contribution in [1.82, 2.24) is 19.4 Å². The standard InChI is InChI=1S/C18H21N5O3S2/c1-13-17(14(2)26-21-13)15-5-6-16(27-15)28(24,25)23-10-4-9-22(11-12-23)18-19-7-3-8-20-18/h3,5-8H,4,9-12H2,1-2H3. The Morgan fingerprint density at radius 1 is 1.07 bits per heavy atom. The molecule has 3 aromatic heterocycles. The van der Waals surface area contributed by atoms with Crippen LogP contribution in [0.25, 0.3) is 10.4 Å². The molecule has 0 N–H and O–H groups in total. The third-order valence-electron chi connectivity index (χ3n) is 4.75. The molecular weight excluding hydrogens is 398 g/mol. The third-order valence-corrected chi connectivity index (χ3v) is 8.21. The topological polar surface area (TPSA) is 92.4 Å². The first kappa shape index (κ1) is 19.0. The summed E-state index contributed by atoms with van der Waals surface area (Å²) in [6.07, 6.45) is 4.12. The minimum Gasteiger partial charge on any atom is -0.361 e. The van der Waals surface area contributed by atoms with E-state index >= 15 is 0 Å². The zero-order chi connectivity index (χ0) is 19.7. The highest BCUT2D eigenvalue weighted by Crippen LogP contribution is 2.36. The maximum Gasteiger partial charge on any atom is 0.252 e. The normalized spacial score (nSPS) is 16.3. The maximum atomic E-state index is 13.2. The van der Waals surface area contributed by atoms with Crippen LogP contribution in [0.1, 0.15) is 17.9 Å². The van der Waals surface area contributed by atoms with Crippen LogP contribution in [0.2, 0.25) is 0 Å². The van der Waals surface area contributed by atoms with Gasteiger partial charge < -0.3 is 9.42 Å². The van der Waals surface area contributed by atoms with Gasteiger partial charge in [0.15, 0.2) is 0 Å². The Labute approximate surface area is 167 Å². The molecule has 0 spiro atoms. The van der Waals surface area contributed by atoms with Crippen LogP contribution in [0.3, 0.4) is 0 Å². The predicted octanol–water partition coefficient (Wildman–Crippen LogP) is 2.71. The molecule has 1 saturated heterocycles. The van der Waals surface area contributed by atoms with Gasteiger partial charge in [0.05, 0.1) is 11.3 Å². The monoisotopic (exact) mass is 419 g/mol. The van der Waals surface area contributed by atoms with Crippen LogP contribution in [-0.4, -0.2) is 54.0 Å². The molecule has 0 bridgehead atoms. The SMILES string of the molecule is Cc1noc(C)c1-c1ccc(S(=O)(=O)N2CCCN(c3ncccn3)CC2)s1. The van der Waals surface area contributed by atoms with E-state index in [1.54, 1.807) is 28.8 Å². The van der Waals surface area contributed by atoms with Crippen LogP contribution in [0.4, 0.5) is 5.95 Å². The zero-order valence-electron chi connectivity index (χ0n) is 15.7. The van der Waals surface area contributed by atoms with Crippen molar-refractivity contribution >= 4 is 27.3 Å². The van der Waals surface area contributed by atoms with E-state index in [4.69, 9.17) is 4.52 Å². The number of nitrogens with zero attached hydrogens (tertiary/aromatic N) is 5. The molecule has 148 valence electrons. The van der Waals surface area contributed by atoms with Gasteiger partial charge in [-0.3, -0.25) is 0 Å². The Bertz CT molecular complexity index is 1040. The van der Waals surface area contributed by atoms with E-state index < -0.39 is 10.0 Å². The Kier molecular flexibility index (Phi) is 5.17. The van der Waals surface area contributed by atoms with E-state index in [1.807, 2.05) is 24.8 Å².